The van der Waals surface area contributed by atoms with E-state index in [9.17, 15) is 9.59 Å². The lowest BCUT2D eigenvalue weighted by Crippen LogP contribution is -2.35. The van der Waals surface area contributed by atoms with Gasteiger partial charge in [-0.15, -0.1) is 0 Å². The maximum atomic E-state index is 12.3. The molecule has 1 unspecified atom stereocenters. The Morgan fingerprint density at radius 2 is 1.80 bits per heavy atom. The van der Waals surface area contributed by atoms with E-state index in [0.29, 0.717) is 33.8 Å². The molecule has 2 aromatic rings. The fourth-order valence-electron chi connectivity index (χ4n) is 2.47. The zero-order valence-corrected chi connectivity index (χ0v) is 18.5. The zero-order chi connectivity index (χ0) is 22.1. The summed E-state index contributed by atoms with van der Waals surface area (Å²) >= 11 is 11.8. The van der Waals surface area contributed by atoms with Crippen molar-refractivity contribution >= 4 is 35.0 Å². The van der Waals surface area contributed by atoms with E-state index in [1.54, 1.807) is 43.3 Å². The Balaban J connectivity index is 1.91. The zero-order valence-electron chi connectivity index (χ0n) is 17.0. The van der Waals surface area contributed by atoms with Crippen LogP contribution in [0, 0.1) is 0 Å². The molecule has 0 saturated carbocycles. The predicted octanol–water partition coefficient (Wildman–Crippen LogP) is 3.60. The molecule has 1 atom stereocenters. The van der Waals surface area contributed by atoms with Crippen LogP contribution in [0.3, 0.4) is 0 Å². The van der Waals surface area contributed by atoms with Gasteiger partial charge in [0.2, 0.25) is 0 Å². The summed E-state index contributed by atoms with van der Waals surface area (Å²) in [5.41, 5.74) is 0.798. The highest BCUT2D eigenvalue weighted by molar-refractivity contribution is 6.42. The SMILES string of the molecule is CCNC(=O)COc1ccc(CNC(=O)C(C)Oc2ccc(Cl)c(Cl)c2)cc1OC. The van der Waals surface area contributed by atoms with E-state index in [1.165, 1.54) is 7.11 Å². The lowest BCUT2D eigenvalue weighted by Gasteiger charge is -2.16. The van der Waals surface area contributed by atoms with Gasteiger partial charge in [0.25, 0.3) is 11.8 Å². The molecule has 0 saturated heterocycles. The highest BCUT2D eigenvalue weighted by atomic mass is 35.5. The largest absolute Gasteiger partial charge is 0.493 e. The quantitative estimate of drug-likeness (QED) is 0.572. The molecule has 0 heterocycles. The molecule has 0 aliphatic rings. The molecule has 0 radical (unpaired) electrons. The van der Waals surface area contributed by atoms with Crippen LogP contribution >= 0.6 is 23.2 Å². The van der Waals surface area contributed by atoms with Crippen LogP contribution in [-0.4, -0.2) is 38.2 Å². The van der Waals surface area contributed by atoms with Gasteiger partial charge < -0.3 is 24.8 Å². The number of ether oxygens (including phenoxy) is 3. The van der Waals surface area contributed by atoms with Crippen molar-refractivity contribution in [3.63, 3.8) is 0 Å². The number of hydrogen-bond acceptors (Lipinski definition) is 5. The minimum Gasteiger partial charge on any atom is -0.493 e. The molecule has 2 amide bonds. The highest BCUT2D eigenvalue weighted by Crippen LogP contribution is 2.28. The van der Waals surface area contributed by atoms with Crippen LogP contribution < -0.4 is 24.8 Å². The second-order valence-electron chi connectivity index (χ2n) is 6.28. The Hall–Kier alpha value is -2.64. The number of methoxy groups -OCH3 is 1. The first-order valence-corrected chi connectivity index (χ1v) is 10.1. The number of amides is 2. The summed E-state index contributed by atoms with van der Waals surface area (Å²) in [5.74, 6) is 0.840. The minimum absolute atomic E-state index is 0.107. The number of benzene rings is 2. The molecular formula is C21H24Cl2N2O5. The third-order valence-corrected chi connectivity index (χ3v) is 4.74. The van der Waals surface area contributed by atoms with E-state index in [4.69, 9.17) is 37.4 Å². The van der Waals surface area contributed by atoms with Crippen LogP contribution in [0.5, 0.6) is 17.2 Å². The molecule has 2 rings (SSSR count). The smallest absolute Gasteiger partial charge is 0.261 e. The van der Waals surface area contributed by atoms with Gasteiger partial charge >= 0.3 is 0 Å². The average Bonchev–Trinajstić information content (AvgIpc) is 2.73. The van der Waals surface area contributed by atoms with E-state index in [1.807, 2.05) is 6.92 Å². The number of carbonyl (C=O) groups excluding carboxylic acids is 2. The molecule has 0 aromatic heterocycles. The van der Waals surface area contributed by atoms with Gasteiger partial charge in [-0.05, 0) is 43.7 Å². The first-order valence-electron chi connectivity index (χ1n) is 9.29. The van der Waals surface area contributed by atoms with Crippen LogP contribution in [0.4, 0.5) is 0 Å². The molecular weight excluding hydrogens is 431 g/mol. The Labute approximate surface area is 185 Å². The molecule has 0 aliphatic carbocycles. The summed E-state index contributed by atoms with van der Waals surface area (Å²) in [7, 11) is 1.50. The van der Waals surface area contributed by atoms with Crippen LogP contribution in [-0.2, 0) is 16.1 Å². The predicted molar refractivity (Wildman–Crippen MR) is 116 cm³/mol. The number of nitrogens with one attached hydrogen (secondary N) is 2. The topological polar surface area (TPSA) is 85.9 Å². The Morgan fingerprint density at radius 1 is 1.03 bits per heavy atom. The lowest BCUT2D eigenvalue weighted by atomic mass is 10.2. The number of halogens is 2. The first kappa shape index (κ1) is 23.6. The molecule has 0 bridgehead atoms. The van der Waals surface area contributed by atoms with Crippen molar-refractivity contribution in [3.8, 4) is 17.2 Å². The maximum absolute atomic E-state index is 12.3. The van der Waals surface area contributed by atoms with Crippen molar-refractivity contribution in [1.82, 2.24) is 10.6 Å². The molecule has 162 valence electrons. The number of hydrogen-bond donors (Lipinski definition) is 2. The highest BCUT2D eigenvalue weighted by Gasteiger charge is 2.16. The second-order valence-corrected chi connectivity index (χ2v) is 7.10. The van der Waals surface area contributed by atoms with Crippen LogP contribution in [0.2, 0.25) is 10.0 Å². The van der Waals surface area contributed by atoms with E-state index in [0.717, 1.165) is 5.56 Å². The Kier molecular flexibility index (Phi) is 9.08. The molecule has 0 spiro atoms. The lowest BCUT2D eigenvalue weighted by molar-refractivity contribution is -0.127. The standard InChI is InChI=1S/C21H24Cl2N2O5/c1-4-24-20(26)12-29-18-8-5-14(9-19(18)28-3)11-25-21(27)13(2)30-15-6-7-16(22)17(23)10-15/h5-10,13H,4,11-12H2,1-3H3,(H,24,26)(H,25,27). The van der Waals surface area contributed by atoms with Crippen LogP contribution in [0.25, 0.3) is 0 Å². The van der Waals surface area contributed by atoms with Crippen molar-refractivity contribution in [3.05, 3.63) is 52.0 Å². The van der Waals surface area contributed by atoms with Gasteiger partial charge in [0, 0.05) is 19.2 Å². The fourth-order valence-corrected chi connectivity index (χ4v) is 2.76. The summed E-state index contributed by atoms with van der Waals surface area (Å²) in [5, 5.41) is 6.21. The van der Waals surface area contributed by atoms with E-state index in [-0.39, 0.29) is 25.0 Å². The summed E-state index contributed by atoms with van der Waals surface area (Å²) in [6, 6.07) is 10.00. The summed E-state index contributed by atoms with van der Waals surface area (Å²) < 4.78 is 16.4. The van der Waals surface area contributed by atoms with Crippen LogP contribution in [0.15, 0.2) is 36.4 Å². The average molecular weight is 455 g/mol. The molecule has 7 nitrogen and oxygen atoms in total. The van der Waals surface area contributed by atoms with Crippen LogP contribution in [0.1, 0.15) is 19.4 Å². The van der Waals surface area contributed by atoms with Gasteiger partial charge in [-0.25, -0.2) is 0 Å². The van der Waals surface area contributed by atoms with Gasteiger partial charge in [0.05, 0.1) is 17.2 Å². The Bertz CT molecular complexity index is 892. The first-order chi connectivity index (χ1) is 14.3. The molecule has 30 heavy (non-hydrogen) atoms. The minimum atomic E-state index is -0.733. The molecule has 9 heteroatoms. The molecule has 2 aromatic carbocycles. The van der Waals surface area contributed by atoms with Gasteiger partial charge in [-0.2, -0.15) is 0 Å². The second kappa shape index (κ2) is 11.5. The van der Waals surface area contributed by atoms with Gasteiger partial charge in [-0.3, -0.25) is 9.59 Å². The van der Waals surface area contributed by atoms with Crippen molar-refractivity contribution in [2.24, 2.45) is 0 Å². The summed E-state index contributed by atoms with van der Waals surface area (Å²) in [6.45, 7) is 4.16. The van der Waals surface area contributed by atoms with Gasteiger partial charge in [0.1, 0.15) is 5.75 Å². The monoisotopic (exact) mass is 454 g/mol. The molecule has 0 aliphatic heterocycles. The number of carbonyl (C=O) groups is 2. The van der Waals surface area contributed by atoms with E-state index >= 15 is 0 Å². The normalized spacial score (nSPS) is 11.4. The van der Waals surface area contributed by atoms with Crippen molar-refractivity contribution in [2.75, 3.05) is 20.3 Å². The third-order valence-electron chi connectivity index (χ3n) is 4.00. The summed E-state index contributed by atoms with van der Waals surface area (Å²) in [6.07, 6.45) is -0.733. The van der Waals surface area contributed by atoms with Gasteiger partial charge in [-0.1, -0.05) is 29.3 Å². The summed E-state index contributed by atoms with van der Waals surface area (Å²) in [4.78, 5) is 23.9. The van der Waals surface area contributed by atoms with Crippen molar-refractivity contribution in [1.29, 1.82) is 0 Å². The maximum Gasteiger partial charge on any atom is 0.261 e. The van der Waals surface area contributed by atoms with Crippen molar-refractivity contribution in [2.45, 2.75) is 26.5 Å². The molecule has 2 N–H and O–H groups in total. The number of rotatable bonds is 10. The van der Waals surface area contributed by atoms with Gasteiger partial charge in [0.15, 0.2) is 24.2 Å². The number of likely N-dealkylation sites (N-methyl/N-ethyl adjacent to an activating group) is 1. The van der Waals surface area contributed by atoms with E-state index < -0.39 is 6.10 Å². The Morgan fingerprint density at radius 3 is 2.47 bits per heavy atom. The fraction of sp³-hybridized carbons (Fsp3) is 0.333. The third kappa shape index (κ3) is 7.00. The molecule has 0 fully saturated rings. The van der Waals surface area contributed by atoms with Crippen molar-refractivity contribution < 1.29 is 23.8 Å². The van der Waals surface area contributed by atoms with E-state index in [2.05, 4.69) is 10.6 Å².